The van der Waals surface area contributed by atoms with Gasteiger partial charge in [0.05, 0.1) is 0 Å². The summed E-state index contributed by atoms with van der Waals surface area (Å²) >= 11 is 0. The van der Waals surface area contributed by atoms with Gasteiger partial charge >= 0.3 is 0 Å². The average molecular weight is 188 g/mol. The maximum Gasteiger partial charge on any atom is 0.129 e. The van der Waals surface area contributed by atoms with Crippen molar-refractivity contribution in [1.29, 1.82) is 0 Å². The van der Waals surface area contributed by atoms with Crippen molar-refractivity contribution in [2.75, 3.05) is 6.54 Å². The molecule has 0 rings (SSSR count). The third-order valence-corrected chi connectivity index (χ3v) is 1.50. The van der Waals surface area contributed by atoms with E-state index in [0.717, 1.165) is 25.7 Å². The fraction of sp³-hybridized carbons (Fsp3) is 0.900. The summed E-state index contributed by atoms with van der Waals surface area (Å²) in [6.45, 7) is 6.38. The Hall–Kier alpha value is -0.410. The van der Waals surface area contributed by atoms with Gasteiger partial charge in [0.2, 0.25) is 0 Å². The lowest BCUT2D eigenvalue weighted by atomic mass is 10.2. The van der Waals surface area contributed by atoms with E-state index in [-0.39, 0.29) is 6.04 Å². The Bertz CT molecular complexity index is 113. The molecule has 0 aromatic rings. The predicted molar refractivity (Wildman–Crippen MR) is 57.5 cm³/mol. The molecule has 13 heavy (non-hydrogen) atoms. The SMILES string of the molecule is CC(N)CCN.CCCCC(C)=O. The van der Waals surface area contributed by atoms with Crippen molar-refractivity contribution >= 4 is 5.78 Å². The summed E-state index contributed by atoms with van der Waals surface area (Å²) in [4.78, 5) is 10.2. The summed E-state index contributed by atoms with van der Waals surface area (Å²) in [6.07, 6.45) is 3.87. The van der Waals surface area contributed by atoms with E-state index in [1.807, 2.05) is 6.92 Å². The molecule has 0 amide bonds. The highest BCUT2D eigenvalue weighted by Crippen LogP contribution is 1.92. The molecule has 0 fully saturated rings. The Morgan fingerprint density at radius 1 is 1.46 bits per heavy atom. The predicted octanol–water partition coefficient (Wildman–Crippen LogP) is 1.45. The number of Topliss-reactive ketones (excluding diaryl/α,β-unsaturated/α-hetero) is 1. The van der Waals surface area contributed by atoms with Gasteiger partial charge in [-0.1, -0.05) is 13.3 Å². The summed E-state index contributed by atoms with van der Waals surface area (Å²) in [5, 5.41) is 0. The molecule has 1 atom stereocenters. The van der Waals surface area contributed by atoms with E-state index in [9.17, 15) is 4.79 Å². The lowest BCUT2D eigenvalue weighted by Gasteiger charge is -1.96. The zero-order valence-corrected chi connectivity index (χ0v) is 9.18. The van der Waals surface area contributed by atoms with Crippen molar-refractivity contribution in [2.45, 2.75) is 52.5 Å². The molecule has 0 aliphatic carbocycles. The third-order valence-electron chi connectivity index (χ3n) is 1.50. The molecule has 3 nitrogen and oxygen atoms in total. The number of ketones is 1. The van der Waals surface area contributed by atoms with Gasteiger partial charge in [-0.2, -0.15) is 0 Å². The molecule has 0 aliphatic rings. The monoisotopic (exact) mass is 188 g/mol. The van der Waals surface area contributed by atoms with E-state index in [4.69, 9.17) is 11.5 Å². The Balaban J connectivity index is 0. The first-order valence-electron chi connectivity index (χ1n) is 4.99. The van der Waals surface area contributed by atoms with Crippen molar-refractivity contribution in [1.82, 2.24) is 0 Å². The van der Waals surface area contributed by atoms with Crippen LogP contribution in [0.25, 0.3) is 0 Å². The number of hydrogen-bond donors (Lipinski definition) is 2. The van der Waals surface area contributed by atoms with Gasteiger partial charge in [-0.15, -0.1) is 0 Å². The maximum atomic E-state index is 10.2. The Morgan fingerprint density at radius 3 is 2.08 bits per heavy atom. The average Bonchev–Trinajstić information content (AvgIpc) is 2.01. The van der Waals surface area contributed by atoms with E-state index in [2.05, 4.69) is 6.92 Å². The Morgan fingerprint density at radius 2 is 2.00 bits per heavy atom. The van der Waals surface area contributed by atoms with Crippen LogP contribution in [0.15, 0.2) is 0 Å². The second-order valence-corrected chi connectivity index (χ2v) is 3.36. The van der Waals surface area contributed by atoms with E-state index < -0.39 is 0 Å². The minimum atomic E-state index is 0.273. The Labute approximate surface area is 81.9 Å². The second kappa shape index (κ2) is 11.6. The molecule has 80 valence electrons. The molecule has 0 heterocycles. The maximum absolute atomic E-state index is 10.2. The van der Waals surface area contributed by atoms with Gasteiger partial charge in [-0.25, -0.2) is 0 Å². The van der Waals surface area contributed by atoms with Crippen LogP contribution in [0.3, 0.4) is 0 Å². The van der Waals surface area contributed by atoms with Crippen LogP contribution in [0.1, 0.15) is 46.5 Å². The molecular weight excluding hydrogens is 164 g/mol. The smallest absolute Gasteiger partial charge is 0.129 e. The first-order valence-corrected chi connectivity index (χ1v) is 4.99. The van der Waals surface area contributed by atoms with E-state index in [0.29, 0.717) is 12.3 Å². The highest BCUT2D eigenvalue weighted by atomic mass is 16.1. The molecule has 0 aromatic heterocycles. The second-order valence-electron chi connectivity index (χ2n) is 3.36. The molecule has 0 radical (unpaired) electrons. The number of carbonyl (C=O) groups excluding carboxylic acids is 1. The first-order chi connectivity index (χ1) is 6.04. The standard InChI is InChI=1S/C6H12O.C4H12N2/c1-3-4-5-6(2)7;1-4(6)2-3-5/h3-5H2,1-2H3;4H,2-3,5-6H2,1H3. The molecule has 1 unspecified atom stereocenters. The van der Waals surface area contributed by atoms with Crippen LogP contribution in [0.2, 0.25) is 0 Å². The van der Waals surface area contributed by atoms with E-state index in [1.165, 1.54) is 0 Å². The summed E-state index contributed by atoms with van der Waals surface area (Å²) in [5.74, 6) is 0.307. The fourth-order valence-electron chi connectivity index (χ4n) is 0.689. The van der Waals surface area contributed by atoms with Gasteiger partial charge in [0, 0.05) is 12.5 Å². The van der Waals surface area contributed by atoms with Crippen molar-refractivity contribution in [3.8, 4) is 0 Å². The number of unbranched alkanes of at least 4 members (excludes halogenated alkanes) is 1. The van der Waals surface area contributed by atoms with Gasteiger partial charge in [-0.3, -0.25) is 0 Å². The minimum Gasteiger partial charge on any atom is -0.330 e. The summed E-state index contributed by atoms with van der Waals surface area (Å²) in [5.41, 5.74) is 10.5. The molecule has 0 aliphatic heterocycles. The summed E-state index contributed by atoms with van der Waals surface area (Å²) in [6, 6.07) is 0.273. The highest BCUT2D eigenvalue weighted by Gasteiger charge is 1.87. The summed E-state index contributed by atoms with van der Waals surface area (Å²) < 4.78 is 0. The van der Waals surface area contributed by atoms with Gasteiger partial charge in [0.1, 0.15) is 5.78 Å². The zero-order valence-electron chi connectivity index (χ0n) is 9.18. The fourth-order valence-corrected chi connectivity index (χ4v) is 0.689. The zero-order chi connectivity index (χ0) is 10.7. The van der Waals surface area contributed by atoms with Crippen LogP contribution in [-0.4, -0.2) is 18.4 Å². The Kier molecular flexibility index (Phi) is 13.4. The molecule has 0 saturated heterocycles. The van der Waals surface area contributed by atoms with Gasteiger partial charge < -0.3 is 16.3 Å². The molecule has 0 saturated carbocycles. The number of rotatable bonds is 5. The van der Waals surface area contributed by atoms with Crippen LogP contribution in [0.4, 0.5) is 0 Å². The van der Waals surface area contributed by atoms with Crippen molar-refractivity contribution in [3.63, 3.8) is 0 Å². The van der Waals surface area contributed by atoms with E-state index >= 15 is 0 Å². The van der Waals surface area contributed by atoms with Crippen LogP contribution < -0.4 is 11.5 Å². The minimum absolute atomic E-state index is 0.273. The number of carbonyl (C=O) groups is 1. The van der Waals surface area contributed by atoms with Gasteiger partial charge in [-0.05, 0) is 33.2 Å². The van der Waals surface area contributed by atoms with E-state index in [1.54, 1.807) is 6.92 Å². The molecule has 0 bridgehead atoms. The third kappa shape index (κ3) is 24.5. The molecular formula is C10H24N2O. The lowest BCUT2D eigenvalue weighted by molar-refractivity contribution is -0.117. The topological polar surface area (TPSA) is 69.1 Å². The van der Waals surface area contributed by atoms with Gasteiger partial charge in [0.25, 0.3) is 0 Å². The van der Waals surface area contributed by atoms with Crippen molar-refractivity contribution < 1.29 is 4.79 Å². The van der Waals surface area contributed by atoms with Crippen LogP contribution in [-0.2, 0) is 4.79 Å². The molecule has 0 spiro atoms. The lowest BCUT2D eigenvalue weighted by Crippen LogP contribution is -2.18. The van der Waals surface area contributed by atoms with Crippen LogP contribution >= 0.6 is 0 Å². The van der Waals surface area contributed by atoms with Gasteiger partial charge in [0.15, 0.2) is 0 Å². The largest absolute Gasteiger partial charge is 0.330 e. The van der Waals surface area contributed by atoms with Crippen molar-refractivity contribution in [3.05, 3.63) is 0 Å². The highest BCUT2D eigenvalue weighted by molar-refractivity contribution is 5.75. The molecule has 4 N–H and O–H groups in total. The first kappa shape index (κ1) is 15.1. The summed E-state index contributed by atoms with van der Waals surface area (Å²) in [7, 11) is 0. The number of hydrogen-bond acceptors (Lipinski definition) is 3. The molecule has 0 aromatic carbocycles. The molecule has 3 heteroatoms. The van der Waals surface area contributed by atoms with Crippen LogP contribution in [0.5, 0.6) is 0 Å². The van der Waals surface area contributed by atoms with Crippen LogP contribution in [0, 0.1) is 0 Å². The van der Waals surface area contributed by atoms with Crippen molar-refractivity contribution in [2.24, 2.45) is 11.5 Å². The quantitative estimate of drug-likeness (QED) is 0.686. The number of nitrogens with two attached hydrogens (primary N) is 2. The normalized spacial score (nSPS) is 11.5.